The number of fused-ring (bicyclic) bond motifs is 1. The monoisotopic (exact) mass is 215 g/mol. The average molecular weight is 215 g/mol. The van der Waals surface area contributed by atoms with Crippen molar-refractivity contribution in [3.63, 3.8) is 0 Å². The summed E-state index contributed by atoms with van der Waals surface area (Å²) >= 11 is 0. The number of rotatable bonds is 4. The molecule has 2 aromatic rings. The molecule has 84 valence electrons. The molecule has 1 N–H and O–H groups in total. The smallest absolute Gasteiger partial charge is 0.120 e. The Kier molecular flexibility index (Phi) is 3.30. The Morgan fingerprint density at radius 3 is 2.81 bits per heavy atom. The number of nitrogens with one attached hydrogen (secondary N) is 1. The first-order valence-electron chi connectivity index (χ1n) is 5.68. The van der Waals surface area contributed by atoms with E-state index < -0.39 is 0 Å². The third-order valence-corrected chi connectivity index (χ3v) is 2.60. The summed E-state index contributed by atoms with van der Waals surface area (Å²) in [6, 6.07) is 12.5. The maximum Gasteiger partial charge on any atom is 0.120 e. The third kappa shape index (κ3) is 2.11. The van der Waals surface area contributed by atoms with Crippen molar-refractivity contribution in [3.05, 3.63) is 36.4 Å². The van der Waals surface area contributed by atoms with Crippen molar-refractivity contribution in [2.75, 3.05) is 19.0 Å². The summed E-state index contributed by atoms with van der Waals surface area (Å²) in [5.41, 5.74) is 1.14. The summed E-state index contributed by atoms with van der Waals surface area (Å²) in [5, 5.41) is 5.64. The minimum Gasteiger partial charge on any atom is -0.494 e. The number of ether oxygens (including phenoxy) is 1. The van der Waals surface area contributed by atoms with Crippen molar-refractivity contribution in [1.29, 1.82) is 0 Å². The molecule has 0 aliphatic rings. The quantitative estimate of drug-likeness (QED) is 0.840. The fourth-order valence-electron chi connectivity index (χ4n) is 1.78. The highest BCUT2D eigenvalue weighted by molar-refractivity contribution is 5.94. The number of hydrogen-bond acceptors (Lipinski definition) is 2. The Morgan fingerprint density at radius 1 is 1.19 bits per heavy atom. The van der Waals surface area contributed by atoms with Crippen LogP contribution in [0.3, 0.4) is 0 Å². The summed E-state index contributed by atoms with van der Waals surface area (Å²) in [5.74, 6) is 0.942. The van der Waals surface area contributed by atoms with Gasteiger partial charge in [0.05, 0.1) is 6.61 Å². The fourth-order valence-corrected chi connectivity index (χ4v) is 1.78. The van der Waals surface area contributed by atoms with E-state index in [1.807, 2.05) is 13.1 Å². The van der Waals surface area contributed by atoms with Crippen molar-refractivity contribution >= 4 is 16.5 Å². The molecule has 0 aromatic heterocycles. The molecule has 0 saturated heterocycles. The highest BCUT2D eigenvalue weighted by Crippen LogP contribution is 2.27. The SMILES string of the molecule is CCCOc1ccc2cccc(NC)c2c1. The summed E-state index contributed by atoms with van der Waals surface area (Å²) in [6.07, 6.45) is 1.03. The molecule has 0 spiro atoms. The van der Waals surface area contributed by atoms with Gasteiger partial charge in [-0.1, -0.05) is 25.1 Å². The van der Waals surface area contributed by atoms with E-state index in [2.05, 4.69) is 42.6 Å². The predicted molar refractivity (Wildman–Crippen MR) is 69.3 cm³/mol. The third-order valence-electron chi connectivity index (χ3n) is 2.60. The maximum absolute atomic E-state index is 5.63. The summed E-state index contributed by atoms with van der Waals surface area (Å²) in [4.78, 5) is 0. The lowest BCUT2D eigenvalue weighted by atomic mass is 10.1. The van der Waals surface area contributed by atoms with Crippen LogP contribution in [0.1, 0.15) is 13.3 Å². The van der Waals surface area contributed by atoms with Gasteiger partial charge in [-0.2, -0.15) is 0 Å². The van der Waals surface area contributed by atoms with Crippen LogP contribution >= 0.6 is 0 Å². The minimum atomic E-state index is 0.771. The van der Waals surface area contributed by atoms with Gasteiger partial charge in [0.15, 0.2) is 0 Å². The second kappa shape index (κ2) is 4.88. The Morgan fingerprint density at radius 2 is 2.06 bits per heavy atom. The van der Waals surface area contributed by atoms with E-state index in [0.29, 0.717) is 0 Å². The molecule has 2 nitrogen and oxygen atoms in total. The van der Waals surface area contributed by atoms with E-state index in [1.165, 1.54) is 10.8 Å². The van der Waals surface area contributed by atoms with Crippen LogP contribution in [0.4, 0.5) is 5.69 Å². The lowest BCUT2D eigenvalue weighted by molar-refractivity contribution is 0.318. The molecule has 0 aliphatic carbocycles. The van der Waals surface area contributed by atoms with Crippen LogP contribution < -0.4 is 10.1 Å². The van der Waals surface area contributed by atoms with Crippen LogP contribution in [0.5, 0.6) is 5.75 Å². The van der Waals surface area contributed by atoms with E-state index in [9.17, 15) is 0 Å². The van der Waals surface area contributed by atoms with Gasteiger partial charge in [-0.05, 0) is 30.0 Å². The van der Waals surface area contributed by atoms with Gasteiger partial charge in [-0.25, -0.2) is 0 Å². The van der Waals surface area contributed by atoms with Gasteiger partial charge in [-0.3, -0.25) is 0 Å². The molecular weight excluding hydrogens is 198 g/mol. The Balaban J connectivity index is 2.42. The minimum absolute atomic E-state index is 0.771. The van der Waals surface area contributed by atoms with Crippen molar-refractivity contribution < 1.29 is 4.74 Å². The van der Waals surface area contributed by atoms with Gasteiger partial charge in [0, 0.05) is 18.1 Å². The lowest BCUT2D eigenvalue weighted by Crippen LogP contribution is -1.95. The van der Waals surface area contributed by atoms with E-state index in [4.69, 9.17) is 4.74 Å². The highest BCUT2D eigenvalue weighted by Gasteiger charge is 2.01. The van der Waals surface area contributed by atoms with Gasteiger partial charge < -0.3 is 10.1 Å². The summed E-state index contributed by atoms with van der Waals surface area (Å²) < 4.78 is 5.63. The van der Waals surface area contributed by atoms with Gasteiger partial charge in [0.25, 0.3) is 0 Å². The molecule has 2 aromatic carbocycles. The van der Waals surface area contributed by atoms with E-state index in [0.717, 1.165) is 24.5 Å². The molecule has 0 saturated carbocycles. The first kappa shape index (κ1) is 10.8. The van der Waals surface area contributed by atoms with Gasteiger partial charge >= 0.3 is 0 Å². The van der Waals surface area contributed by atoms with Crippen LogP contribution in [-0.4, -0.2) is 13.7 Å². The molecule has 2 rings (SSSR count). The first-order chi connectivity index (χ1) is 7.85. The molecule has 0 aliphatic heterocycles. The van der Waals surface area contributed by atoms with Crippen molar-refractivity contribution in [2.24, 2.45) is 0 Å². The summed E-state index contributed by atoms with van der Waals surface area (Å²) in [6.45, 7) is 2.88. The number of hydrogen-bond donors (Lipinski definition) is 1. The summed E-state index contributed by atoms with van der Waals surface area (Å²) in [7, 11) is 1.94. The standard InChI is InChI=1S/C14H17NO/c1-3-9-16-12-8-7-11-5-4-6-14(15-2)13(11)10-12/h4-8,10,15H,3,9H2,1-2H3. The molecule has 0 amide bonds. The second-order valence-electron chi connectivity index (χ2n) is 3.79. The molecular formula is C14H17NO. The zero-order chi connectivity index (χ0) is 11.4. The Bertz CT molecular complexity index is 479. The van der Waals surface area contributed by atoms with Gasteiger partial charge in [-0.15, -0.1) is 0 Å². The van der Waals surface area contributed by atoms with Crippen LogP contribution in [0, 0.1) is 0 Å². The van der Waals surface area contributed by atoms with E-state index in [-0.39, 0.29) is 0 Å². The zero-order valence-corrected chi connectivity index (χ0v) is 9.79. The van der Waals surface area contributed by atoms with Crippen LogP contribution in [0.15, 0.2) is 36.4 Å². The van der Waals surface area contributed by atoms with E-state index >= 15 is 0 Å². The van der Waals surface area contributed by atoms with Crippen molar-refractivity contribution in [2.45, 2.75) is 13.3 Å². The molecule has 0 unspecified atom stereocenters. The highest BCUT2D eigenvalue weighted by atomic mass is 16.5. The molecule has 0 atom stereocenters. The normalized spacial score (nSPS) is 10.4. The molecule has 0 heterocycles. The first-order valence-corrected chi connectivity index (χ1v) is 5.68. The lowest BCUT2D eigenvalue weighted by Gasteiger charge is -2.09. The second-order valence-corrected chi connectivity index (χ2v) is 3.79. The van der Waals surface area contributed by atoms with Gasteiger partial charge in [0.2, 0.25) is 0 Å². The zero-order valence-electron chi connectivity index (χ0n) is 9.79. The molecule has 16 heavy (non-hydrogen) atoms. The Hall–Kier alpha value is -1.70. The van der Waals surface area contributed by atoms with Crippen LogP contribution in [0.2, 0.25) is 0 Å². The Labute approximate surface area is 96.2 Å². The van der Waals surface area contributed by atoms with Crippen molar-refractivity contribution in [3.8, 4) is 5.75 Å². The van der Waals surface area contributed by atoms with Crippen molar-refractivity contribution in [1.82, 2.24) is 0 Å². The largest absolute Gasteiger partial charge is 0.494 e. The number of benzene rings is 2. The van der Waals surface area contributed by atoms with Crippen LogP contribution in [0.25, 0.3) is 10.8 Å². The topological polar surface area (TPSA) is 21.3 Å². The molecule has 0 radical (unpaired) electrons. The van der Waals surface area contributed by atoms with Crippen LogP contribution in [-0.2, 0) is 0 Å². The number of anilines is 1. The van der Waals surface area contributed by atoms with E-state index in [1.54, 1.807) is 0 Å². The fraction of sp³-hybridized carbons (Fsp3) is 0.286. The average Bonchev–Trinajstić information content (AvgIpc) is 2.35. The molecule has 2 heteroatoms. The predicted octanol–water partition coefficient (Wildman–Crippen LogP) is 3.67. The maximum atomic E-state index is 5.63. The molecule has 0 bridgehead atoms. The van der Waals surface area contributed by atoms with Gasteiger partial charge in [0.1, 0.15) is 5.75 Å². The molecule has 0 fully saturated rings.